The summed E-state index contributed by atoms with van der Waals surface area (Å²) in [5.41, 5.74) is 2.70. The summed E-state index contributed by atoms with van der Waals surface area (Å²) in [5, 5.41) is 6.88. The molecule has 6 heteroatoms. The molecule has 1 aliphatic heterocycles. The van der Waals surface area contributed by atoms with Crippen LogP contribution in [-0.2, 0) is 17.8 Å². The summed E-state index contributed by atoms with van der Waals surface area (Å²) in [4.78, 5) is 9.19. The molecule has 152 valence electrons. The Bertz CT molecular complexity index is 571. The molecule has 1 aromatic rings. The Morgan fingerprint density at radius 3 is 2.59 bits per heavy atom. The summed E-state index contributed by atoms with van der Waals surface area (Å²) in [5.74, 6) is 0.855. The Labute approximate surface area is 165 Å². The van der Waals surface area contributed by atoms with Gasteiger partial charge in [-0.15, -0.1) is 0 Å². The van der Waals surface area contributed by atoms with Crippen molar-refractivity contribution in [2.75, 3.05) is 53.5 Å². The Morgan fingerprint density at radius 1 is 1.22 bits per heavy atom. The summed E-state index contributed by atoms with van der Waals surface area (Å²) in [6, 6.07) is 9.26. The number of guanidine groups is 1. The lowest BCUT2D eigenvalue weighted by atomic mass is 10.1. The largest absolute Gasteiger partial charge is 0.379 e. The molecule has 1 heterocycles. The van der Waals surface area contributed by atoms with Crippen molar-refractivity contribution in [2.45, 2.75) is 39.4 Å². The zero-order valence-electron chi connectivity index (χ0n) is 17.5. The van der Waals surface area contributed by atoms with E-state index in [0.29, 0.717) is 6.04 Å². The average Bonchev–Trinajstić information content (AvgIpc) is 2.71. The molecular formula is C21H37N5O. The van der Waals surface area contributed by atoms with Crippen molar-refractivity contribution in [3.63, 3.8) is 0 Å². The minimum atomic E-state index is 0.605. The first-order valence-corrected chi connectivity index (χ1v) is 10.2. The van der Waals surface area contributed by atoms with Crippen LogP contribution >= 0.6 is 0 Å². The molecule has 1 aromatic carbocycles. The number of morpholine rings is 1. The minimum absolute atomic E-state index is 0.605. The Kier molecular flexibility index (Phi) is 9.59. The van der Waals surface area contributed by atoms with Gasteiger partial charge in [-0.1, -0.05) is 31.2 Å². The van der Waals surface area contributed by atoms with Crippen LogP contribution < -0.4 is 10.6 Å². The van der Waals surface area contributed by atoms with Gasteiger partial charge in [0.15, 0.2) is 5.96 Å². The number of aliphatic imine (C=N–C) groups is 1. The van der Waals surface area contributed by atoms with Gasteiger partial charge in [-0.05, 0) is 31.5 Å². The highest BCUT2D eigenvalue weighted by Gasteiger charge is 2.13. The van der Waals surface area contributed by atoms with Crippen LogP contribution in [0, 0.1) is 0 Å². The van der Waals surface area contributed by atoms with Gasteiger partial charge in [-0.25, -0.2) is 0 Å². The second-order valence-corrected chi connectivity index (χ2v) is 7.25. The van der Waals surface area contributed by atoms with Crippen LogP contribution in [0.5, 0.6) is 0 Å². The van der Waals surface area contributed by atoms with Crippen molar-refractivity contribution in [1.29, 1.82) is 0 Å². The van der Waals surface area contributed by atoms with Gasteiger partial charge in [0.05, 0.1) is 13.2 Å². The zero-order chi connectivity index (χ0) is 19.5. The highest BCUT2D eigenvalue weighted by Crippen LogP contribution is 2.13. The van der Waals surface area contributed by atoms with Crippen molar-refractivity contribution in [2.24, 2.45) is 4.99 Å². The SMILES string of the molecule is CCC(C)N(C)CCNC(=NC)NCc1ccccc1CN1CCOCC1. The molecule has 2 rings (SSSR count). The van der Waals surface area contributed by atoms with Crippen LogP contribution in [0.4, 0.5) is 0 Å². The summed E-state index contributed by atoms with van der Waals surface area (Å²) in [6.45, 7) is 11.8. The molecule has 2 N–H and O–H groups in total. The second-order valence-electron chi connectivity index (χ2n) is 7.25. The number of nitrogens with one attached hydrogen (secondary N) is 2. The number of likely N-dealkylation sites (N-methyl/N-ethyl adjacent to an activating group) is 1. The molecule has 0 amide bonds. The lowest BCUT2D eigenvalue weighted by molar-refractivity contribution is 0.0341. The van der Waals surface area contributed by atoms with E-state index in [1.54, 1.807) is 0 Å². The van der Waals surface area contributed by atoms with Crippen LogP contribution in [-0.4, -0.2) is 75.3 Å². The van der Waals surface area contributed by atoms with E-state index in [-0.39, 0.29) is 0 Å². The van der Waals surface area contributed by atoms with Gasteiger partial charge in [0.1, 0.15) is 0 Å². The van der Waals surface area contributed by atoms with Gasteiger partial charge in [0.2, 0.25) is 0 Å². The molecule has 0 aromatic heterocycles. The number of benzene rings is 1. The third-order valence-corrected chi connectivity index (χ3v) is 5.39. The molecule has 0 bridgehead atoms. The van der Waals surface area contributed by atoms with E-state index in [1.807, 2.05) is 7.05 Å². The van der Waals surface area contributed by atoms with Gasteiger partial charge in [0, 0.05) is 52.4 Å². The first-order valence-electron chi connectivity index (χ1n) is 10.2. The molecule has 0 aliphatic carbocycles. The number of ether oxygens (including phenoxy) is 1. The normalized spacial score (nSPS) is 17.1. The summed E-state index contributed by atoms with van der Waals surface area (Å²) in [7, 11) is 4.00. The fraction of sp³-hybridized carbons (Fsp3) is 0.667. The van der Waals surface area contributed by atoms with Gasteiger partial charge in [-0.2, -0.15) is 0 Å². The van der Waals surface area contributed by atoms with Crippen molar-refractivity contribution in [3.8, 4) is 0 Å². The number of hydrogen-bond donors (Lipinski definition) is 2. The van der Waals surface area contributed by atoms with E-state index in [0.717, 1.165) is 58.4 Å². The highest BCUT2D eigenvalue weighted by atomic mass is 16.5. The molecule has 1 atom stereocenters. The van der Waals surface area contributed by atoms with Crippen molar-refractivity contribution in [1.82, 2.24) is 20.4 Å². The summed E-state index contributed by atoms with van der Waals surface area (Å²) in [6.07, 6.45) is 1.17. The van der Waals surface area contributed by atoms with Gasteiger partial charge >= 0.3 is 0 Å². The summed E-state index contributed by atoms with van der Waals surface area (Å²) < 4.78 is 5.46. The monoisotopic (exact) mass is 375 g/mol. The number of nitrogens with zero attached hydrogens (tertiary/aromatic N) is 3. The minimum Gasteiger partial charge on any atom is -0.379 e. The maximum absolute atomic E-state index is 5.46. The zero-order valence-corrected chi connectivity index (χ0v) is 17.5. The first kappa shape index (κ1) is 21.7. The van der Waals surface area contributed by atoms with Gasteiger partial charge < -0.3 is 20.3 Å². The number of rotatable bonds is 9. The van der Waals surface area contributed by atoms with Crippen LogP contribution in [0.2, 0.25) is 0 Å². The molecule has 0 spiro atoms. The number of hydrogen-bond acceptors (Lipinski definition) is 4. The third kappa shape index (κ3) is 7.48. The van der Waals surface area contributed by atoms with Crippen LogP contribution in [0.25, 0.3) is 0 Å². The molecule has 0 saturated carbocycles. The second kappa shape index (κ2) is 12.0. The molecule has 0 radical (unpaired) electrons. The quantitative estimate of drug-likeness (QED) is 0.510. The molecule has 27 heavy (non-hydrogen) atoms. The van der Waals surface area contributed by atoms with E-state index in [9.17, 15) is 0 Å². The Morgan fingerprint density at radius 2 is 1.93 bits per heavy atom. The standard InChI is InChI=1S/C21H37N5O/c1-5-18(2)25(4)11-10-23-21(22-3)24-16-19-8-6-7-9-20(19)17-26-12-14-27-15-13-26/h6-9,18H,5,10-17H2,1-4H3,(H2,22,23,24). The smallest absolute Gasteiger partial charge is 0.191 e. The Hall–Kier alpha value is -1.63. The fourth-order valence-electron chi connectivity index (χ4n) is 3.17. The summed E-state index contributed by atoms with van der Waals surface area (Å²) >= 11 is 0. The maximum Gasteiger partial charge on any atom is 0.191 e. The lowest BCUT2D eigenvalue weighted by Gasteiger charge is -2.27. The van der Waals surface area contributed by atoms with Crippen LogP contribution in [0.15, 0.2) is 29.3 Å². The highest BCUT2D eigenvalue weighted by molar-refractivity contribution is 5.79. The Balaban J connectivity index is 1.81. The molecule has 1 fully saturated rings. The average molecular weight is 376 g/mol. The lowest BCUT2D eigenvalue weighted by Crippen LogP contribution is -2.42. The van der Waals surface area contributed by atoms with Crippen molar-refractivity contribution < 1.29 is 4.74 Å². The van der Waals surface area contributed by atoms with Crippen LogP contribution in [0.3, 0.4) is 0 Å². The van der Waals surface area contributed by atoms with Crippen molar-refractivity contribution >= 4 is 5.96 Å². The van der Waals surface area contributed by atoms with E-state index in [4.69, 9.17) is 4.74 Å². The van der Waals surface area contributed by atoms with E-state index < -0.39 is 0 Å². The van der Waals surface area contributed by atoms with Crippen molar-refractivity contribution in [3.05, 3.63) is 35.4 Å². The molecule has 1 aliphatic rings. The topological polar surface area (TPSA) is 52.1 Å². The first-order chi connectivity index (χ1) is 13.1. The molecule has 1 unspecified atom stereocenters. The maximum atomic E-state index is 5.46. The van der Waals surface area contributed by atoms with E-state index in [1.165, 1.54) is 17.5 Å². The predicted molar refractivity (Wildman–Crippen MR) is 113 cm³/mol. The van der Waals surface area contributed by atoms with E-state index >= 15 is 0 Å². The fourth-order valence-corrected chi connectivity index (χ4v) is 3.17. The molecule has 1 saturated heterocycles. The molecule has 6 nitrogen and oxygen atoms in total. The third-order valence-electron chi connectivity index (χ3n) is 5.39. The van der Waals surface area contributed by atoms with E-state index in [2.05, 4.69) is 70.6 Å². The molecular weight excluding hydrogens is 338 g/mol. The van der Waals surface area contributed by atoms with Crippen LogP contribution in [0.1, 0.15) is 31.4 Å². The predicted octanol–water partition coefficient (Wildman–Crippen LogP) is 1.91. The van der Waals surface area contributed by atoms with Gasteiger partial charge in [0.25, 0.3) is 0 Å². The van der Waals surface area contributed by atoms with Gasteiger partial charge in [-0.3, -0.25) is 9.89 Å².